The molecule has 0 aliphatic heterocycles. The number of hydrogen-bond donors (Lipinski definition) is 0. The average Bonchev–Trinajstić information content (AvgIpc) is 3.28. The van der Waals surface area contributed by atoms with E-state index in [0.717, 1.165) is 89.9 Å². The van der Waals surface area contributed by atoms with Gasteiger partial charge in [0.2, 0.25) is 0 Å². The van der Waals surface area contributed by atoms with Crippen molar-refractivity contribution >= 4 is 17.9 Å². The molecule has 0 saturated heterocycles. The summed E-state index contributed by atoms with van der Waals surface area (Å²) >= 11 is 0. The topological polar surface area (TPSA) is 78.9 Å². The minimum absolute atomic E-state index is 0.0846. The Morgan fingerprint density at radius 1 is 0.333 bits per heavy atom. The fraction of sp³-hybridized carbons (Fsp3) is 0.772. The molecule has 1 atom stereocenters. The van der Waals surface area contributed by atoms with Gasteiger partial charge in [-0.2, -0.15) is 0 Å². The lowest BCUT2D eigenvalue weighted by Crippen LogP contribution is -2.30. The number of allylic oxidation sites excluding steroid dienone is 10. The van der Waals surface area contributed by atoms with Gasteiger partial charge in [-0.15, -0.1) is 0 Å². The SMILES string of the molecule is CC\C=C/C=C\C=C/C=C\CCCCCCCC(=O)OC(COC(=O)CCCCCCC/C=C\CCCC)COC(=O)CCCCCCCCCCCCCCCCCCCCC. The predicted molar refractivity (Wildman–Crippen MR) is 270 cm³/mol. The van der Waals surface area contributed by atoms with Gasteiger partial charge in [-0.05, 0) is 57.8 Å². The van der Waals surface area contributed by atoms with Crippen molar-refractivity contribution < 1.29 is 28.6 Å². The molecule has 0 aliphatic carbocycles. The molecule has 0 aromatic rings. The van der Waals surface area contributed by atoms with Gasteiger partial charge in [0.25, 0.3) is 0 Å². The normalized spacial score (nSPS) is 12.5. The number of hydrogen-bond acceptors (Lipinski definition) is 6. The molecule has 0 fully saturated rings. The van der Waals surface area contributed by atoms with E-state index >= 15 is 0 Å². The number of unbranched alkanes of at least 4 members (excludes halogenated alkanes) is 30. The summed E-state index contributed by atoms with van der Waals surface area (Å²) < 4.78 is 16.8. The molecule has 0 aromatic carbocycles. The Hall–Kier alpha value is -2.89. The molecule has 0 amide bonds. The lowest BCUT2D eigenvalue weighted by molar-refractivity contribution is -0.167. The van der Waals surface area contributed by atoms with E-state index in [1.165, 1.54) is 135 Å². The van der Waals surface area contributed by atoms with E-state index in [-0.39, 0.29) is 31.1 Å². The molecule has 364 valence electrons. The Labute approximate surface area is 390 Å². The molecule has 63 heavy (non-hydrogen) atoms. The molecule has 0 saturated carbocycles. The van der Waals surface area contributed by atoms with Gasteiger partial charge in [0.05, 0.1) is 0 Å². The standard InChI is InChI=1S/C57H100O6/c1-4-7-10-13-16-19-22-24-26-27-28-29-31-32-35-38-41-44-47-50-56(59)62-53-54(52-61-55(58)49-46-43-40-37-34-21-18-15-12-9-6-3)63-57(60)51-48-45-42-39-36-33-30-25-23-20-17-14-11-8-5-2/h8,11,14-15,17-18,20,23,25,30,54H,4-7,9-10,12-13,16,19,21-22,24,26-29,31-53H2,1-3H3/b11-8-,17-14-,18-15-,23-20-,30-25-. The lowest BCUT2D eigenvalue weighted by Gasteiger charge is -2.18. The zero-order chi connectivity index (χ0) is 45.8. The minimum atomic E-state index is -0.787. The first-order chi connectivity index (χ1) is 31.0. The fourth-order valence-electron chi connectivity index (χ4n) is 7.55. The van der Waals surface area contributed by atoms with E-state index in [1.54, 1.807) is 0 Å². The Balaban J connectivity index is 4.34. The zero-order valence-electron chi connectivity index (χ0n) is 41.6. The molecule has 0 aliphatic rings. The van der Waals surface area contributed by atoms with Crippen LogP contribution in [0.1, 0.15) is 265 Å². The maximum Gasteiger partial charge on any atom is 0.306 e. The molecule has 0 rings (SSSR count). The second-order valence-electron chi connectivity index (χ2n) is 17.9. The highest BCUT2D eigenvalue weighted by atomic mass is 16.6. The highest BCUT2D eigenvalue weighted by Crippen LogP contribution is 2.16. The number of ether oxygens (including phenoxy) is 3. The van der Waals surface area contributed by atoms with Gasteiger partial charge in [0.1, 0.15) is 13.2 Å². The van der Waals surface area contributed by atoms with Crippen molar-refractivity contribution in [3.63, 3.8) is 0 Å². The summed E-state index contributed by atoms with van der Waals surface area (Å²) in [6, 6.07) is 0. The molecule has 0 bridgehead atoms. The van der Waals surface area contributed by atoms with Crippen molar-refractivity contribution in [3.05, 3.63) is 60.8 Å². The van der Waals surface area contributed by atoms with E-state index in [0.29, 0.717) is 19.3 Å². The van der Waals surface area contributed by atoms with Crippen molar-refractivity contribution in [2.75, 3.05) is 13.2 Å². The van der Waals surface area contributed by atoms with Gasteiger partial charge in [0, 0.05) is 19.3 Å². The first-order valence-electron chi connectivity index (χ1n) is 26.8. The van der Waals surface area contributed by atoms with E-state index in [2.05, 4.69) is 63.3 Å². The summed E-state index contributed by atoms with van der Waals surface area (Å²) in [7, 11) is 0. The monoisotopic (exact) mass is 881 g/mol. The van der Waals surface area contributed by atoms with Gasteiger partial charge in [0.15, 0.2) is 6.10 Å². The van der Waals surface area contributed by atoms with E-state index in [4.69, 9.17) is 14.2 Å². The van der Waals surface area contributed by atoms with Crippen LogP contribution in [0.3, 0.4) is 0 Å². The summed E-state index contributed by atoms with van der Waals surface area (Å²) in [5, 5.41) is 0. The summed E-state index contributed by atoms with van der Waals surface area (Å²) in [6.07, 6.45) is 63.5. The third kappa shape index (κ3) is 50.0. The summed E-state index contributed by atoms with van der Waals surface area (Å²) in [5.41, 5.74) is 0. The van der Waals surface area contributed by atoms with Crippen LogP contribution in [-0.4, -0.2) is 37.2 Å². The van der Waals surface area contributed by atoms with Crippen LogP contribution in [0.2, 0.25) is 0 Å². The van der Waals surface area contributed by atoms with Crippen LogP contribution in [0.25, 0.3) is 0 Å². The van der Waals surface area contributed by atoms with Crippen LogP contribution in [0.4, 0.5) is 0 Å². The number of carbonyl (C=O) groups is 3. The quantitative estimate of drug-likeness (QED) is 0.0199. The van der Waals surface area contributed by atoms with E-state index < -0.39 is 6.10 Å². The Morgan fingerprint density at radius 2 is 0.651 bits per heavy atom. The zero-order valence-corrected chi connectivity index (χ0v) is 41.6. The van der Waals surface area contributed by atoms with Gasteiger partial charge < -0.3 is 14.2 Å². The van der Waals surface area contributed by atoms with Crippen molar-refractivity contribution in [1.82, 2.24) is 0 Å². The van der Waals surface area contributed by atoms with Crippen LogP contribution in [-0.2, 0) is 28.6 Å². The average molecular weight is 881 g/mol. The molecule has 0 aromatic heterocycles. The minimum Gasteiger partial charge on any atom is -0.462 e. The van der Waals surface area contributed by atoms with E-state index in [1.807, 2.05) is 18.2 Å². The molecule has 0 heterocycles. The van der Waals surface area contributed by atoms with Crippen LogP contribution in [0.5, 0.6) is 0 Å². The van der Waals surface area contributed by atoms with Crippen molar-refractivity contribution in [1.29, 1.82) is 0 Å². The largest absolute Gasteiger partial charge is 0.462 e. The van der Waals surface area contributed by atoms with Crippen LogP contribution in [0, 0.1) is 0 Å². The highest BCUT2D eigenvalue weighted by molar-refractivity contribution is 5.71. The first kappa shape index (κ1) is 60.1. The second-order valence-corrected chi connectivity index (χ2v) is 17.9. The molecule has 0 N–H and O–H groups in total. The van der Waals surface area contributed by atoms with Crippen molar-refractivity contribution in [2.45, 2.75) is 271 Å². The van der Waals surface area contributed by atoms with Gasteiger partial charge >= 0.3 is 17.9 Å². The Morgan fingerprint density at radius 3 is 1.06 bits per heavy atom. The third-order valence-corrected chi connectivity index (χ3v) is 11.6. The number of esters is 3. The molecule has 0 radical (unpaired) electrons. The number of carbonyl (C=O) groups excluding carboxylic acids is 3. The molecular formula is C57H100O6. The summed E-state index contributed by atoms with van der Waals surface area (Å²) in [6.45, 7) is 6.45. The van der Waals surface area contributed by atoms with Crippen molar-refractivity contribution in [2.24, 2.45) is 0 Å². The number of rotatable bonds is 48. The third-order valence-electron chi connectivity index (χ3n) is 11.6. The Kier molecular flexibility index (Phi) is 49.4. The van der Waals surface area contributed by atoms with Crippen molar-refractivity contribution in [3.8, 4) is 0 Å². The van der Waals surface area contributed by atoms with E-state index in [9.17, 15) is 14.4 Å². The molecular weight excluding hydrogens is 781 g/mol. The van der Waals surface area contributed by atoms with Gasteiger partial charge in [-0.3, -0.25) is 14.4 Å². The smallest absolute Gasteiger partial charge is 0.306 e. The highest BCUT2D eigenvalue weighted by Gasteiger charge is 2.19. The Bertz CT molecular complexity index is 1150. The summed E-state index contributed by atoms with van der Waals surface area (Å²) in [4.78, 5) is 38.0. The first-order valence-corrected chi connectivity index (χ1v) is 26.8. The molecule has 1 unspecified atom stereocenters. The fourth-order valence-corrected chi connectivity index (χ4v) is 7.55. The summed E-state index contributed by atoms with van der Waals surface area (Å²) in [5.74, 6) is -0.911. The predicted octanol–water partition coefficient (Wildman–Crippen LogP) is 17.6. The van der Waals surface area contributed by atoms with Crippen LogP contribution < -0.4 is 0 Å². The second kappa shape index (κ2) is 51.7. The van der Waals surface area contributed by atoms with Crippen LogP contribution >= 0.6 is 0 Å². The maximum absolute atomic E-state index is 12.8. The van der Waals surface area contributed by atoms with Gasteiger partial charge in [-0.1, -0.05) is 248 Å². The molecule has 6 nitrogen and oxygen atoms in total. The molecule has 0 spiro atoms. The lowest BCUT2D eigenvalue weighted by atomic mass is 10.0. The molecule has 6 heteroatoms. The maximum atomic E-state index is 12.8. The van der Waals surface area contributed by atoms with Crippen LogP contribution in [0.15, 0.2) is 60.8 Å². The van der Waals surface area contributed by atoms with Gasteiger partial charge in [-0.25, -0.2) is 0 Å².